The fourth-order valence-corrected chi connectivity index (χ4v) is 1.26. The second-order valence-electron chi connectivity index (χ2n) is 3.61. The predicted octanol–water partition coefficient (Wildman–Crippen LogP) is -0.614. The number of methoxy groups -OCH3 is 1. The molecule has 0 saturated heterocycles. The van der Waals surface area contributed by atoms with Gasteiger partial charge in [-0.1, -0.05) is 12.1 Å². The zero-order valence-electron chi connectivity index (χ0n) is 10.2. The molecule has 0 heterocycles. The van der Waals surface area contributed by atoms with E-state index in [4.69, 9.17) is 10.5 Å². The maximum atomic E-state index is 11.4. The molecule has 6 heteroatoms. The number of benzene rings is 1. The summed E-state index contributed by atoms with van der Waals surface area (Å²) in [4.78, 5) is 22.2. The summed E-state index contributed by atoms with van der Waals surface area (Å²) in [5.41, 5.74) is 6.05. The molecule has 0 saturated carbocycles. The molecule has 0 aliphatic rings. The van der Waals surface area contributed by atoms with E-state index >= 15 is 0 Å². The van der Waals surface area contributed by atoms with E-state index in [0.717, 1.165) is 11.3 Å². The van der Waals surface area contributed by atoms with Gasteiger partial charge in [0.1, 0.15) is 5.75 Å². The van der Waals surface area contributed by atoms with E-state index < -0.39 is 0 Å². The summed E-state index contributed by atoms with van der Waals surface area (Å²) in [5.74, 6) is 0.155. The Morgan fingerprint density at radius 3 is 2.39 bits per heavy atom. The highest BCUT2D eigenvalue weighted by molar-refractivity contribution is 5.85. The molecular weight excluding hydrogens is 234 g/mol. The normalized spacial score (nSPS) is 9.67. The van der Waals surface area contributed by atoms with Gasteiger partial charge in [0, 0.05) is 6.54 Å². The Morgan fingerprint density at radius 1 is 1.17 bits per heavy atom. The Labute approximate surface area is 105 Å². The third-order valence-electron chi connectivity index (χ3n) is 2.28. The average molecular weight is 251 g/mol. The van der Waals surface area contributed by atoms with Crippen LogP contribution in [0.25, 0.3) is 0 Å². The van der Waals surface area contributed by atoms with Gasteiger partial charge >= 0.3 is 0 Å². The molecule has 0 radical (unpaired) electrons. The zero-order valence-corrected chi connectivity index (χ0v) is 10.2. The number of nitrogens with one attached hydrogen (secondary N) is 2. The lowest BCUT2D eigenvalue weighted by molar-refractivity contribution is -0.125. The van der Waals surface area contributed by atoms with Crippen molar-refractivity contribution in [2.24, 2.45) is 5.73 Å². The fourth-order valence-electron chi connectivity index (χ4n) is 1.26. The highest BCUT2D eigenvalue weighted by atomic mass is 16.5. The molecule has 4 N–H and O–H groups in total. The molecule has 0 fully saturated rings. The lowest BCUT2D eigenvalue weighted by atomic mass is 10.2. The first kappa shape index (κ1) is 14.0. The smallest absolute Gasteiger partial charge is 0.239 e. The van der Waals surface area contributed by atoms with E-state index in [2.05, 4.69) is 10.6 Å². The van der Waals surface area contributed by atoms with Crippen LogP contribution in [0.2, 0.25) is 0 Å². The maximum absolute atomic E-state index is 11.4. The minimum absolute atomic E-state index is 0.0633. The molecular formula is C12H17N3O3. The highest BCUT2D eigenvalue weighted by Gasteiger charge is 2.03. The molecule has 1 rings (SSSR count). The number of carbonyl (C=O) groups excluding carboxylic acids is 2. The van der Waals surface area contributed by atoms with E-state index in [1.165, 1.54) is 0 Å². The molecule has 0 aliphatic heterocycles. The van der Waals surface area contributed by atoms with Gasteiger partial charge in [-0.15, -0.1) is 0 Å². The van der Waals surface area contributed by atoms with Crippen LogP contribution in [0.3, 0.4) is 0 Å². The van der Waals surface area contributed by atoms with Gasteiger partial charge in [0.15, 0.2) is 0 Å². The maximum Gasteiger partial charge on any atom is 0.239 e. The Kier molecular flexibility index (Phi) is 5.66. The molecule has 0 bridgehead atoms. The minimum Gasteiger partial charge on any atom is -0.497 e. The topological polar surface area (TPSA) is 93.5 Å². The summed E-state index contributed by atoms with van der Waals surface area (Å²) < 4.78 is 5.03. The molecule has 0 aromatic heterocycles. The van der Waals surface area contributed by atoms with Crippen LogP contribution in [0.4, 0.5) is 0 Å². The van der Waals surface area contributed by atoms with Crippen molar-refractivity contribution < 1.29 is 14.3 Å². The van der Waals surface area contributed by atoms with Crippen LogP contribution in [0.1, 0.15) is 5.56 Å². The van der Waals surface area contributed by atoms with Crippen molar-refractivity contribution in [1.29, 1.82) is 0 Å². The molecule has 98 valence electrons. The summed E-state index contributed by atoms with van der Waals surface area (Å²) in [7, 11) is 1.59. The second-order valence-corrected chi connectivity index (χ2v) is 3.61. The molecule has 0 atom stereocenters. The van der Waals surface area contributed by atoms with Crippen molar-refractivity contribution in [2.75, 3.05) is 20.2 Å². The Balaban J connectivity index is 2.31. The van der Waals surface area contributed by atoms with Crippen LogP contribution in [-0.2, 0) is 16.1 Å². The number of carbonyl (C=O) groups is 2. The van der Waals surface area contributed by atoms with Gasteiger partial charge < -0.3 is 21.1 Å². The van der Waals surface area contributed by atoms with Crippen LogP contribution < -0.4 is 21.1 Å². The minimum atomic E-state index is -0.352. The van der Waals surface area contributed by atoms with Gasteiger partial charge in [-0.05, 0) is 17.7 Å². The number of rotatable bonds is 6. The summed E-state index contributed by atoms with van der Waals surface area (Å²) in [6, 6.07) is 7.35. The van der Waals surface area contributed by atoms with E-state index in [9.17, 15) is 9.59 Å². The van der Waals surface area contributed by atoms with Crippen LogP contribution in [0, 0.1) is 0 Å². The lowest BCUT2D eigenvalue weighted by Gasteiger charge is -2.07. The van der Waals surface area contributed by atoms with E-state index in [1.807, 2.05) is 24.3 Å². The number of hydrogen-bond donors (Lipinski definition) is 3. The summed E-state index contributed by atoms with van der Waals surface area (Å²) >= 11 is 0. The monoisotopic (exact) mass is 251 g/mol. The van der Waals surface area contributed by atoms with Crippen molar-refractivity contribution in [1.82, 2.24) is 10.6 Å². The molecule has 0 aliphatic carbocycles. The van der Waals surface area contributed by atoms with Crippen LogP contribution in [-0.4, -0.2) is 32.0 Å². The van der Waals surface area contributed by atoms with Crippen LogP contribution in [0.15, 0.2) is 24.3 Å². The SMILES string of the molecule is COc1ccc(CNC(=O)CNC(=O)CN)cc1. The number of hydrogen-bond acceptors (Lipinski definition) is 4. The second kappa shape index (κ2) is 7.29. The van der Waals surface area contributed by atoms with E-state index in [-0.39, 0.29) is 24.9 Å². The summed E-state index contributed by atoms with van der Waals surface area (Å²) in [6.45, 7) is 0.221. The zero-order chi connectivity index (χ0) is 13.4. The largest absolute Gasteiger partial charge is 0.497 e. The van der Waals surface area contributed by atoms with Gasteiger partial charge in [0.05, 0.1) is 20.2 Å². The predicted molar refractivity (Wildman–Crippen MR) is 66.9 cm³/mol. The number of amides is 2. The molecule has 1 aromatic carbocycles. The highest BCUT2D eigenvalue weighted by Crippen LogP contribution is 2.10. The average Bonchev–Trinajstić information content (AvgIpc) is 2.42. The number of ether oxygens (including phenoxy) is 1. The first-order valence-electron chi connectivity index (χ1n) is 5.52. The van der Waals surface area contributed by atoms with Crippen molar-refractivity contribution in [3.8, 4) is 5.75 Å². The molecule has 1 aromatic rings. The van der Waals surface area contributed by atoms with E-state index in [0.29, 0.717) is 6.54 Å². The first-order valence-corrected chi connectivity index (χ1v) is 5.52. The Morgan fingerprint density at radius 2 is 1.83 bits per heavy atom. The Bertz CT molecular complexity index is 404. The summed E-state index contributed by atoms with van der Waals surface area (Å²) in [5, 5.41) is 5.07. The third kappa shape index (κ3) is 4.84. The molecule has 0 spiro atoms. The van der Waals surface area contributed by atoms with Crippen molar-refractivity contribution in [2.45, 2.75) is 6.54 Å². The van der Waals surface area contributed by atoms with Gasteiger partial charge in [-0.25, -0.2) is 0 Å². The standard InChI is InChI=1S/C12H17N3O3/c1-18-10-4-2-9(3-5-10)7-14-12(17)8-15-11(16)6-13/h2-5H,6-8,13H2,1H3,(H,14,17)(H,15,16). The van der Waals surface area contributed by atoms with Crippen LogP contribution in [0.5, 0.6) is 5.75 Å². The van der Waals surface area contributed by atoms with Gasteiger partial charge in [0.25, 0.3) is 0 Å². The van der Waals surface area contributed by atoms with Crippen molar-refractivity contribution in [3.63, 3.8) is 0 Å². The van der Waals surface area contributed by atoms with Gasteiger partial charge in [0.2, 0.25) is 11.8 Å². The molecule has 0 unspecified atom stereocenters. The number of nitrogens with two attached hydrogens (primary N) is 1. The first-order chi connectivity index (χ1) is 8.65. The molecule has 2 amide bonds. The van der Waals surface area contributed by atoms with Gasteiger partial charge in [-0.2, -0.15) is 0 Å². The fraction of sp³-hybridized carbons (Fsp3) is 0.333. The quantitative estimate of drug-likeness (QED) is 0.628. The van der Waals surface area contributed by atoms with Crippen molar-refractivity contribution >= 4 is 11.8 Å². The summed E-state index contributed by atoms with van der Waals surface area (Å²) in [6.07, 6.45) is 0. The van der Waals surface area contributed by atoms with Crippen LogP contribution >= 0.6 is 0 Å². The van der Waals surface area contributed by atoms with Gasteiger partial charge in [-0.3, -0.25) is 9.59 Å². The molecule has 6 nitrogen and oxygen atoms in total. The Hall–Kier alpha value is -2.08. The molecule has 18 heavy (non-hydrogen) atoms. The van der Waals surface area contributed by atoms with E-state index in [1.54, 1.807) is 7.11 Å². The van der Waals surface area contributed by atoms with Crippen molar-refractivity contribution in [3.05, 3.63) is 29.8 Å². The lowest BCUT2D eigenvalue weighted by Crippen LogP contribution is -2.39. The third-order valence-corrected chi connectivity index (χ3v) is 2.28.